The highest BCUT2D eigenvalue weighted by Crippen LogP contribution is 2.14. The highest BCUT2D eigenvalue weighted by molar-refractivity contribution is 5.86. The summed E-state index contributed by atoms with van der Waals surface area (Å²) in [5, 5.41) is 9.08. The van der Waals surface area contributed by atoms with Gasteiger partial charge in [0.2, 0.25) is 0 Å². The number of carbonyl (C=O) groups is 1. The van der Waals surface area contributed by atoms with E-state index < -0.39 is 38.1 Å². The van der Waals surface area contributed by atoms with Crippen molar-refractivity contribution in [2.75, 3.05) is 19.8 Å². The van der Waals surface area contributed by atoms with Crippen molar-refractivity contribution < 1.29 is 32.5 Å². The fraction of sp³-hybridized carbons (Fsp3) is 0.667. The van der Waals surface area contributed by atoms with Crippen LogP contribution in [0.4, 0.5) is 13.2 Å². The average molecular weight is 242 g/mol. The summed E-state index contributed by atoms with van der Waals surface area (Å²) in [5.41, 5.74) is 0.142. The van der Waals surface area contributed by atoms with Crippen molar-refractivity contribution in [1.29, 1.82) is 0 Å². The first-order valence-electron chi connectivity index (χ1n) is 4.37. The predicted octanol–water partition coefficient (Wildman–Crippen LogP) is 1.05. The quantitative estimate of drug-likeness (QED) is 0.558. The van der Waals surface area contributed by atoms with Crippen molar-refractivity contribution in [2.45, 2.75) is 19.2 Å². The second-order valence-electron chi connectivity index (χ2n) is 3.16. The Morgan fingerprint density at radius 3 is 2.44 bits per heavy atom. The van der Waals surface area contributed by atoms with Crippen molar-refractivity contribution in [2.24, 2.45) is 0 Å². The van der Waals surface area contributed by atoms with Crippen LogP contribution in [-0.2, 0) is 14.3 Å². The normalized spacial score (nSPS) is 13.3. The fourth-order valence-electron chi connectivity index (χ4n) is 0.654. The lowest BCUT2D eigenvalue weighted by molar-refractivity contribution is -0.181. The van der Waals surface area contributed by atoms with Gasteiger partial charge in [0, 0.05) is 5.57 Å². The molecule has 0 aromatic rings. The maximum absolute atomic E-state index is 11.6. The number of hydrogen-bond donors (Lipinski definition) is 1. The first-order chi connectivity index (χ1) is 7.22. The number of rotatable bonds is 6. The number of ether oxygens (including phenoxy) is 2. The maximum atomic E-state index is 11.6. The largest absolute Gasteiger partial charge is 0.460 e. The summed E-state index contributed by atoms with van der Waals surface area (Å²) in [6, 6.07) is 0. The number of esters is 1. The fourth-order valence-corrected chi connectivity index (χ4v) is 0.654. The molecule has 7 heteroatoms. The molecule has 0 saturated heterocycles. The molecule has 4 nitrogen and oxygen atoms in total. The number of aliphatic hydroxyl groups is 1. The molecule has 1 unspecified atom stereocenters. The van der Waals surface area contributed by atoms with E-state index >= 15 is 0 Å². The molecule has 0 aromatic carbocycles. The lowest BCUT2D eigenvalue weighted by atomic mass is 10.3. The molecule has 0 rings (SSSR count). The van der Waals surface area contributed by atoms with Crippen LogP contribution in [0.25, 0.3) is 0 Å². The van der Waals surface area contributed by atoms with Gasteiger partial charge in [-0.2, -0.15) is 13.2 Å². The molecule has 0 aromatic heterocycles. The van der Waals surface area contributed by atoms with E-state index in [4.69, 9.17) is 5.11 Å². The molecular weight excluding hydrogens is 229 g/mol. The molecule has 1 atom stereocenters. The zero-order valence-electron chi connectivity index (χ0n) is 8.71. The van der Waals surface area contributed by atoms with E-state index in [0.717, 1.165) is 0 Å². The molecule has 0 heterocycles. The molecule has 0 spiro atoms. The van der Waals surface area contributed by atoms with E-state index in [9.17, 15) is 18.0 Å². The molecule has 0 aliphatic heterocycles. The van der Waals surface area contributed by atoms with E-state index in [1.54, 1.807) is 0 Å². The summed E-state index contributed by atoms with van der Waals surface area (Å²) in [6.07, 6.45) is -5.72. The summed E-state index contributed by atoms with van der Waals surface area (Å²) in [4.78, 5) is 10.8. The molecular formula is C9H13F3O4. The first-order valence-corrected chi connectivity index (χ1v) is 4.37. The van der Waals surface area contributed by atoms with E-state index in [1.165, 1.54) is 6.92 Å². The van der Waals surface area contributed by atoms with E-state index in [0.29, 0.717) is 0 Å². The van der Waals surface area contributed by atoms with Gasteiger partial charge in [-0.25, -0.2) is 4.79 Å². The zero-order chi connectivity index (χ0) is 12.8. The smallest absolute Gasteiger partial charge is 0.411 e. The van der Waals surface area contributed by atoms with Crippen LogP contribution in [-0.4, -0.2) is 43.2 Å². The van der Waals surface area contributed by atoms with Gasteiger partial charge >= 0.3 is 12.1 Å². The Labute approximate surface area is 90.6 Å². The van der Waals surface area contributed by atoms with Crippen LogP contribution in [0.3, 0.4) is 0 Å². The van der Waals surface area contributed by atoms with Gasteiger partial charge in [-0.15, -0.1) is 0 Å². The summed E-state index contributed by atoms with van der Waals surface area (Å²) >= 11 is 0. The van der Waals surface area contributed by atoms with Gasteiger partial charge in [0.25, 0.3) is 0 Å². The monoisotopic (exact) mass is 242 g/mol. The summed E-state index contributed by atoms with van der Waals surface area (Å²) in [7, 11) is 0. The lowest BCUT2D eigenvalue weighted by Crippen LogP contribution is -2.27. The van der Waals surface area contributed by atoms with Crippen molar-refractivity contribution in [3.8, 4) is 0 Å². The minimum atomic E-state index is -4.44. The lowest BCUT2D eigenvalue weighted by Gasteiger charge is -2.12. The number of hydrogen-bond acceptors (Lipinski definition) is 4. The third-order valence-corrected chi connectivity index (χ3v) is 1.33. The Hall–Kier alpha value is -1.08. The maximum Gasteiger partial charge on any atom is 0.411 e. The molecule has 0 fully saturated rings. The Bertz CT molecular complexity index is 250. The molecule has 1 N–H and O–H groups in total. The molecule has 0 aliphatic carbocycles. The summed E-state index contributed by atoms with van der Waals surface area (Å²) in [6.45, 7) is 2.28. The number of halogens is 3. The average Bonchev–Trinajstić information content (AvgIpc) is 2.11. The van der Waals surface area contributed by atoms with E-state index in [2.05, 4.69) is 16.1 Å². The third kappa shape index (κ3) is 8.25. The van der Waals surface area contributed by atoms with Gasteiger partial charge in [-0.1, -0.05) is 6.58 Å². The van der Waals surface area contributed by atoms with Gasteiger partial charge in [-0.05, 0) is 6.92 Å². The molecule has 0 bridgehead atoms. The Morgan fingerprint density at radius 2 is 2.00 bits per heavy atom. The predicted molar refractivity (Wildman–Crippen MR) is 48.7 cm³/mol. The molecule has 0 radical (unpaired) electrons. The molecule has 0 saturated carbocycles. The van der Waals surface area contributed by atoms with E-state index in [-0.39, 0.29) is 5.57 Å². The Balaban J connectivity index is 3.64. The standard InChI is InChI=1S/C9H13F3O4/c1-6(2)8(14)16-4-7(13)3-15-5-9(10,11)12/h7,13H,1,3-5H2,2H3. The second-order valence-corrected chi connectivity index (χ2v) is 3.16. The SMILES string of the molecule is C=C(C)C(=O)OCC(O)COCC(F)(F)F. The van der Waals surface area contributed by atoms with Crippen LogP contribution in [0.5, 0.6) is 0 Å². The first kappa shape index (κ1) is 14.9. The zero-order valence-corrected chi connectivity index (χ0v) is 8.71. The highest BCUT2D eigenvalue weighted by Gasteiger charge is 2.27. The van der Waals surface area contributed by atoms with Gasteiger partial charge in [0.05, 0.1) is 6.61 Å². The molecule has 16 heavy (non-hydrogen) atoms. The van der Waals surface area contributed by atoms with E-state index in [1.807, 2.05) is 0 Å². The second kappa shape index (κ2) is 6.49. The summed E-state index contributed by atoms with van der Waals surface area (Å²) < 4.78 is 43.5. The number of alkyl halides is 3. The van der Waals surface area contributed by atoms with Crippen LogP contribution in [0.1, 0.15) is 6.92 Å². The van der Waals surface area contributed by atoms with Gasteiger partial charge in [0.15, 0.2) is 0 Å². The highest BCUT2D eigenvalue weighted by atomic mass is 19.4. The topological polar surface area (TPSA) is 55.8 Å². The van der Waals surface area contributed by atoms with Gasteiger partial charge in [-0.3, -0.25) is 0 Å². The minimum Gasteiger partial charge on any atom is -0.460 e. The van der Waals surface area contributed by atoms with Crippen molar-refractivity contribution >= 4 is 5.97 Å². The third-order valence-electron chi connectivity index (χ3n) is 1.33. The van der Waals surface area contributed by atoms with Crippen LogP contribution < -0.4 is 0 Å². The van der Waals surface area contributed by atoms with Crippen molar-refractivity contribution in [3.63, 3.8) is 0 Å². The van der Waals surface area contributed by atoms with Crippen LogP contribution >= 0.6 is 0 Å². The summed E-state index contributed by atoms with van der Waals surface area (Å²) in [5.74, 6) is -0.713. The van der Waals surface area contributed by atoms with Crippen LogP contribution in [0.2, 0.25) is 0 Å². The van der Waals surface area contributed by atoms with Crippen molar-refractivity contribution in [1.82, 2.24) is 0 Å². The minimum absolute atomic E-state index is 0.142. The number of aliphatic hydroxyl groups excluding tert-OH is 1. The Kier molecular flexibility index (Phi) is 6.05. The molecule has 94 valence electrons. The van der Waals surface area contributed by atoms with Crippen LogP contribution in [0.15, 0.2) is 12.2 Å². The molecule has 0 amide bonds. The number of carbonyl (C=O) groups excluding carboxylic acids is 1. The van der Waals surface area contributed by atoms with Gasteiger partial charge in [0.1, 0.15) is 19.3 Å². The Morgan fingerprint density at radius 1 is 1.44 bits per heavy atom. The molecule has 0 aliphatic rings. The van der Waals surface area contributed by atoms with Crippen molar-refractivity contribution in [3.05, 3.63) is 12.2 Å². The van der Waals surface area contributed by atoms with Crippen LogP contribution in [0, 0.1) is 0 Å². The van der Waals surface area contributed by atoms with Gasteiger partial charge < -0.3 is 14.6 Å².